The average molecular weight is 378 g/mol. The molecule has 1 atom stereocenters. The van der Waals surface area contributed by atoms with E-state index in [9.17, 15) is 4.79 Å². The molecule has 5 heteroatoms. The van der Waals surface area contributed by atoms with Crippen LogP contribution in [0, 0.1) is 5.92 Å². The second-order valence-corrected chi connectivity index (χ2v) is 7.31. The van der Waals surface area contributed by atoms with Gasteiger partial charge in [0, 0.05) is 23.1 Å². The number of hydrogen-bond donors (Lipinski definition) is 0. The molecule has 0 amide bonds. The van der Waals surface area contributed by atoms with E-state index in [4.69, 9.17) is 27.9 Å². The zero-order valence-corrected chi connectivity index (χ0v) is 15.5. The van der Waals surface area contributed by atoms with Gasteiger partial charge in [0.2, 0.25) is 0 Å². The van der Waals surface area contributed by atoms with Gasteiger partial charge in [-0.3, -0.25) is 9.69 Å². The minimum atomic E-state index is -0.129. The highest BCUT2D eigenvalue weighted by Gasteiger charge is 2.27. The lowest BCUT2D eigenvalue weighted by atomic mass is 9.97. The Balaban J connectivity index is 1.52. The number of halogens is 2. The van der Waals surface area contributed by atoms with Crippen LogP contribution >= 0.6 is 23.2 Å². The lowest BCUT2D eigenvalue weighted by Crippen LogP contribution is -2.38. The fourth-order valence-electron chi connectivity index (χ4n) is 3.18. The Morgan fingerprint density at radius 2 is 1.76 bits per heavy atom. The number of benzene rings is 2. The normalized spacial score (nSPS) is 18.1. The summed E-state index contributed by atoms with van der Waals surface area (Å²) in [6, 6.07) is 15.3. The molecule has 132 valence electrons. The summed E-state index contributed by atoms with van der Waals surface area (Å²) >= 11 is 12.0. The van der Waals surface area contributed by atoms with Crippen molar-refractivity contribution in [1.82, 2.24) is 4.90 Å². The van der Waals surface area contributed by atoms with Crippen LogP contribution in [-0.2, 0) is 22.7 Å². The first-order chi connectivity index (χ1) is 12.1. The number of piperidine rings is 1. The number of carbonyl (C=O) groups is 1. The van der Waals surface area contributed by atoms with Crippen LogP contribution < -0.4 is 0 Å². The van der Waals surface area contributed by atoms with Crippen molar-refractivity contribution in [2.45, 2.75) is 26.0 Å². The molecule has 3 rings (SSSR count). The monoisotopic (exact) mass is 377 g/mol. The number of rotatable bonds is 5. The highest BCUT2D eigenvalue weighted by Crippen LogP contribution is 2.21. The van der Waals surface area contributed by atoms with Crippen LogP contribution in [0.25, 0.3) is 0 Å². The second kappa shape index (κ2) is 8.70. The lowest BCUT2D eigenvalue weighted by molar-refractivity contribution is -0.151. The molecule has 0 unspecified atom stereocenters. The van der Waals surface area contributed by atoms with Gasteiger partial charge in [-0.05, 0) is 54.8 Å². The average Bonchev–Trinajstić information content (AvgIpc) is 2.60. The third-order valence-corrected chi connectivity index (χ3v) is 4.87. The molecule has 2 aromatic carbocycles. The topological polar surface area (TPSA) is 29.5 Å². The Hall–Kier alpha value is -1.55. The quantitative estimate of drug-likeness (QED) is 0.690. The van der Waals surface area contributed by atoms with E-state index < -0.39 is 0 Å². The maximum Gasteiger partial charge on any atom is 0.310 e. The van der Waals surface area contributed by atoms with Crippen molar-refractivity contribution in [1.29, 1.82) is 0 Å². The maximum atomic E-state index is 12.4. The smallest absolute Gasteiger partial charge is 0.310 e. The Labute approximate surface area is 158 Å². The van der Waals surface area contributed by atoms with Crippen LogP contribution in [0.15, 0.2) is 48.5 Å². The molecule has 0 saturated carbocycles. The maximum absolute atomic E-state index is 12.4. The van der Waals surface area contributed by atoms with Gasteiger partial charge in [0.1, 0.15) is 6.61 Å². The molecule has 25 heavy (non-hydrogen) atoms. The summed E-state index contributed by atoms with van der Waals surface area (Å²) in [6.07, 6.45) is 1.87. The molecular weight excluding hydrogens is 357 g/mol. The summed E-state index contributed by atoms with van der Waals surface area (Å²) in [5, 5.41) is 1.39. The molecule has 1 aliphatic rings. The molecule has 0 spiro atoms. The summed E-state index contributed by atoms with van der Waals surface area (Å²) in [7, 11) is 0. The Morgan fingerprint density at radius 1 is 1.08 bits per heavy atom. The van der Waals surface area contributed by atoms with Crippen LogP contribution in [0.2, 0.25) is 10.0 Å². The third kappa shape index (κ3) is 5.46. The third-order valence-electron chi connectivity index (χ3n) is 4.40. The summed E-state index contributed by atoms with van der Waals surface area (Å²) in [5.74, 6) is -0.206. The number of ether oxygens (including phenoxy) is 1. The van der Waals surface area contributed by atoms with Gasteiger partial charge in [-0.2, -0.15) is 0 Å². The van der Waals surface area contributed by atoms with Crippen molar-refractivity contribution in [2.24, 2.45) is 5.92 Å². The first-order valence-electron chi connectivity index (χ1n) is 8.48. The molecule has 3 nitrogen and oxygen atoms in total. The molecule has 0 aliphatic carbocycles. The minimum absolute atomic E-state index is 0.0767. The van der Waals surface area contributed by atoms with Crippen LogP contribution in [0.5, 0.6) is 0 Å². The molecule has 2 aromatic rings. The van der Waals surface area contributed by atoms with Crippen LogP contribution in [0.3, 0.4) is 0 Å². The first kappa shape index (κ1) is 18.2. The fraction of sp³-hybridized carbons (Fsp3) is 0.350. The van der Waals surface area contributed by atoms with Gasteiger partial charge in [-0.25, -0.2) is 0 Å². The summed E-state index contributed by atoms with van der Waals surface area (Å²) in [6.45, 7) is 2.79. The van der Waals surface area contributed by atoms with E-state index in [1.165, 1.54) is 5.56 Å². The van der Waals surface area contributed by atoms with E-state index in [2.05, 4.69) is 11.0 Å². The van der Waals surface area contributed by atoms with Gasteiger partial charge < -0.3 is 4.74 Å². The van der Waals surface area contributed by atoms with E-state index in [0.717, 1.165) is 43.1 Å². The Morgan fingerprint density at radius 3 is 2.48 bits per heavy atom. The lowest BCUT2D eigenvalue weighted by Gasteiger charge is -2.31. The van der Waals surface area contributed by atoms with Gasteiger partial charge in [0.15, 0.2) is 0 Å². The van der Waals surface area contributed by atoms with E-state index >= 15 is 0 Å². The number of carbonyl (C=O) groups excluding carboxylic acids is 1. The van der Waals surface area contributed by atoms with E-state index in [-0.39, 0.29) is 18.5 Å². The number of nitrogens with zero attached hydrogens (tertiary/aromatic N) is 1. The Kier molecular flexibility index (Phi) is 6.35. The van der Waals surface area contributed by atoms with Gasteiger partial charge in [0.25, 0.3) is 0 Å². The molecule has 0 radical (unpaired) electrons. The number of esters is 1. The molecule has 0 aromatic heterocycles. The van der Waals surface area contributed by atoms with Crippen LogP contribution in [-0.4, -0.2) is 24.0 Å². The van der Waals surface area contributed by atoms with E-state index in [1.807, 2.05) is 42.5 Å². The molecule has 0 N–H and O–H groups in total. The van der Waals surface area contributed by atoms with Crippen molar-refractivity contribution >= 4 is 29.2 Å². The molecule has 1 saturated heterocycles. The molecule has 1 aliphatic heterocycles. The highest BCUT2D eigenvalue weighted by molar-refractivity contribution is 6.30. The van der Waals surface area contributed by atoms with Crippen molar-refractivity contribution < 1.29 is 9.53 Å². The summed E-state index contributed by atoms with van der Waals surface area (Å²) < 4.78 is 5.49. The van der Waals surface area contributed by atoms with Gasteiger partial charge in [-0.15, -0.1) is 0 Å². The SMILES string of the molecule is O=C(OCc1cccc(Cl)c1)[C@H]1CCCN(Cc2cccc(Cl)c2)C1. The van der Waals surface area contributed by atoms with Crippen LogP contribution in [0.4, 0.5) is 0 Å². The summed E-state index contributed by atoms with van der Waals surface area (Å²) in [5.41, 5.74) is 2.08. The highest BCUT2D eigenvalue weighted by atomic mass is 35.5. The molecule has 1 heterocycles. The molecule has 1 fully saturated rings. The Bertz CT molecular complexity index is 735. The van der Waals surface area contributed by atoms with Gasteiger partial charge in [-0.1, -0.05) is 47.5 Å². The van der Waals surface area contributed by atoms with Gasteiger partial charge >= 0.3 is 5.97 Å². The largest absolute Gasteiger partial charge is 0.461 e. The zero-order chi connectivity index (χ0) is 17.6. The summed E-state index contributed by atoms with van der Waals surface area (Å²) in [4.78, 5) is 14.7. The van der Waals surface area contributed by atoms with Crippen molar-refractivity contribution in [3.8, 4) is 0 Å². The number of hydrogen-bond acceptors (Lipinski definition) is 3. The van der Waals surface area contributed by atoms with Crippen molar-refractivity contribution in [3.63, 3.8) is 0 Å². The molecule has 0 bridgehead atoms. The van der Waals surface area contributed by atoms with E-state index in [0.29, 0.717) is 5.02 Å². The minimum Gasteiger partial charge on any atom is -0.461 e. The zero-order valence-electron chi connectivity index (χ0n) is 14.0. The predicted octanol–water partition coefficient (Wildman–Crippen LogP) is 4.95. The molecular formula is C20H21Cl2NO2. The standard InChI is InChI=1S/C20H21Cl2NO2/c21-18-7-1-4-15(10-18)12-23-9-3-6-17(13-23)20(24)25-14-16-5-2-8-19(22)11-16/h1-2,4-5,7-8,10-11,17H,3,6,9,12-14H2/t17-/m0/s1. The van der Waals surface area contributed by atoms with Gasteiger partial charge in [0.05, 0.1) is 5.92 Å². The predicted molar refractivity (Wildman–Crippen MR) is 101 cm³/mol. The van der Waals surface area contributed by atoms with Crippen molar-refractivity contribution in [2.75, 3.05) is 13.1 Å². The number of likely N-dealkylation sites (tertiary alicyclic amines) is 1. The van der Waals surface area contributed by atoms with Crippen LogP contribution in [0.1, 0.15) is 24.0 Å². The second-order valence-electron chi connectivity index (χ2n) is 6.44. The first-order valence-corrected chi connectivity index (χ1v) is 9.23. The fourth-order valence-corrected chi connectivity index (χ4v) is 3.61. The van der Waals surface area contributed by atoms with E-state index in [1.54, 1.807) is 0 Å². The van der Waals surface area contributed by atoms with Crippen molar-refractivity contribution in [3.05, 3.63) is 69.7 Å².